The number of piperazine rings is 1. The normalized spacial score (nSPS) is 24.6. The van der Waals surface area contributed by atoms with Crippen molar-refractivity contribution in [3.63, 3.8) is 0 Å². The molecule has 0 aromatic carbocycles. The standard InChI is InChI=1S/C18H31N3O2/c1-14(16-12-19-13-16)18(23)21-10-8-20(9-11-21)17(22)7-6-15-4-2-3-5-15/h14-16,19H,2-13H2,1H3. The van der Waals surface area contributed by atoms with Crippen molar-refractivity contribution in [2.75, 3.05) is 39.3 Å². The topological polar surface area (TPSA) is 52.7 Å². The van der Waals surface area contributed by atoms with E-state index in [1.807, 2.05) is 16.7 Å². The van der Waals surface area contributed by atoms with Crippen LogP contribution in [0.4, 0.5) is 0 Å². The van der Waals surface area contributed by atoms with Crippen molar-refractivity contribution in [3.8, 4) is 0 Å². The molecule has 2 amide bonds. The van der Waals surface area contributed by atoms with Crippen LogP contribution in [-0.4, -0.2) is 60.9 Å². The molecule has 1 atom stereocenters. The van der Waals surface area contributed by atoms with Crippen LogP contribution in [0.15, 0.2) is 0 Å². The maximum absolute atomic E-state index is 12.5. The fourth-order valence-corrected chi connectivity index (χ4v) is 4.12. The highest BCUT2D eigenvalue weighted by Crippen LogP contribution is 2.28. The first-order valence-corrected chi connectivity index (χ1v) is 9.42. The van der Waals surface area contributed by atoms with Crippen LogP contribution < -0.4 is 5.32 Å². The van der Waals surface area contributed by atoms with Crippen LogP contribution in [-0.2, 0) is 9.59 Å². The van der Waals surface area contributed by atoms with Gasteiger partial charge in [0.15, 0.2) is 0 Å². The fourth-order valence-electron chi connectivity index (χ4n) is 4.12. The Balaban J connectivity index is 1.38. The number of carbonyl (C=O) groups excluding carboxylic acids is 2. The minimum absolute atomic E-state index is 0.112. The minimum Gasteiger partial charge on any atom is -0.339 e. The Labute approximate surface area is 139 Å². The molecule has 0 spiro atoms. The van der Waals surface area contributed by atoms with Gasteiger partial charge in [0.2, 0.25) is 11.8 Å². The molecule has 3 aliphatic rings. The van der Waals surface area contributed by atoms with Gasteiger partial charge in [0, 0.05) is 38.5 Å². The second-order valence-electron chi connectivity index (χ2n) is 7.60. The van der Waals surface area contributed by atoms with Crippen LogP contribution in [0.2, 0.25) is 0 Å². The molecule has 23 heavy (non-hydrogen) atoms. The number of nitrogens with zero attached hydrogens (tertiary/aromatic N) is 2. The van der Waals surface area contributed by atoms with E-state index in [1.165, 1.54) is 25.7 Å². The zero-order valence-electron chi connectivity index (χ0n) is 14.4. The molecule has 1 saturated carbocycles. The second kappa shape index (κ2) is 7.65. The maximum atomic E-state index is 12.5. The summed E-state index contributed by atoms with van der Waals surface area (Å²) in [6, 6.07) is 0. The van der Waals surface area contributed by atoms with E-state index in [9.17, 15) is 9.59 Å². The number of carbonyl (C=O) groups is 2. The SMILES string of the molecule is CC(C(=O)N1CCN(C(=O)CCC2CCCC2)CC1)C1CNC1. The molecule has 1 aliphatic carbocycles. The molecule has 1 N–H and O–H groups in total. The third-order valence-corrected chi connectivity index (χ3v) is 6.09. The Morgan fingerprint density at radius 3 is 2.22 bits per heavy atom. The third kappa shape index (κ3) is 4.06. The lowest BCUT2D eigenvalue weighted by Crippen LogP contribution is -2.55. The van der Waals surface area contributed by atoms with Gasteiger partial charge in [-0.15, -0.1) is 0 Å². The first-order chi connectivity index (χ1) is 11.1. The van der Waals surface area contributed by atoms with Gasteiger partial charge in [0.25, 0.3) is 0 Å². The number of nitrogens with one attached hydrogen (secondary N) is 1. The van der Waals surface area contributed by atoms with Crippen molar-refractivity contribution in [2.45, 2.75) is 45.4 Å². The van der Waals surface area contributed by atoms with Gasteiger partial charge < -0.3 is 15.1 Å². The van der Waals surface area contributed by atoms with Crippen LogP contribution in [0.3, 0.4) is 0 Å². The Kier molecular flexibility index (Phi) is 5.57. The van der Waals surface area contributed by atoms with E-state index in [4.69, 9.17) is 0 Å². The minimum atomic E-state index is 0.112. The number of amides is 2. The van der Waals surface area contributed by atoms with E-state index in [2.05, 4.69) is 5.32 Å². The smallest absolute Gasteiger partial charge is 0.225 e. The second-order valence-corrected chi connectivity index (χ2v) is 7.60. The molecule has 2 aliphatic heterocycles. The van der Waals surface area contributed by atoms with Crippen LogP contribution in [0, 0.1) is 17.8 Å². The van der Waals surface area contributed by atoms with Crippen LogP contribution >= 0.6 is 0 Å². The highest BCUT2D eigenvalue weighted by Gasteiger charge is 2.33. The van der Waals surface area contributed by atoms with Crippen molar-refractivity contribution >= 4 is 11.8 Å². The number of hydrogen-bond acceptors (Lipinski definition) is 3. The molecule has 3 rings (SSSR count). The Morgan fingerprint density at radius 1 is 1.04 bits per heavy atom. The highest BCUT2D eigenvalue weighted by atomic mass is 16.2. The molecule has 3 fully saturated rings. The summed E-state index contributed by atoms with van der Waals surface area (Å²) in [6.45, 7) is 6.82. The molecule has 2 heterocycles. The van der Waals surface area contributed by atoms with E-state index >= 15 is 0 Å². The largest absolute Gasteiger partial charge is 0.339 e. The lowest BCUT2D eigenvalue weighted by Gasteiger charge is -2.39. The van der Waals surface area contributed by atoms with Crippen LogP contribution in [0.1, 0.15) is 45.4 Å². The monoisotopic (exact) mass is 321 g/mol. The average molecular weight is 321 g/mol. The number of hydrogen-bond donors (Lipinski definition) is 1. The van der Waals surface area contributed by atoms with Crippen molar-refractivity contribution < 1.29 is 9.59 Å². The van der Waals surface area contributed by atoms with E-state index in [0.717, 1.165) is 25.4 Å². The lowest BCUT2D eigenvalue weighted by atomic mass is 9.88. The summed E-state index contributed by atoms with van der Waals surface area (Å²) < 4.78 is 0. The van der Waals surface area contributed by atoms with Gasteiger partial charge in [0.1, 0.15) is 0 Å². The summed E-state index contributed by atoms with van der Waals surface area (Å²) >= 11 is 0. The van der Waals surface area contributed by atoms with Gasteiger partial charge in [-0.2, -0.15) is 0 Å². The molecule has 0 aromatic rings. The van der Waals surface area contributed by atoms with Crippen molar-refractivity contribution in [2.24, 2.45) is 17.8 Å². The quantitative estimate of drug-likeness (QED) is 0.834. The molecule has 0 radical (unpaired) electrons. The molecular weight excluding hydrogens is 290 g/mol. The molecular formula is C18H31N3O2. The summed E-state index contributed by atoms with van der Waals surface area (Å²) in [4.78, 5) is 28.8. The summed E-state index contributed by atoms with van der Waals surface area (Å²) in [5.41, 5.74) is 0. The van der Waals surface area contributed by atoms with Crippen molar-refractivity contribution in [1.29, 1.82) is 0 Å². The predicted molar refractivity (Wildman–Crippen MR) is 89.9 cm³/mol. The first kappa shape index (κ1) is 16.7. The van der Waals surface area contributed by atoms with Gasteiger partial charge in [0.05, 0.1) is 0 Å². The fraction of sp³-hybridized carbons (Fsp3) is 0.889. The van der Waals surface area contributed by atoms with Gasteiger partial charge in [-0.25, -0.2) is 0 Å². The zero-order valence-corrected chi connectivity index (χ0v) is 14.4. The molecule has 5 nitrogen and oxygen atoms in total. The van der Waals surface area contributed by atoms with Gasteiger partial charge in [-0.05, 0) is 31.3 Å². The lowest BCUT2D eigenvalue weighted by molar-refractivity contribution is -0.143. The summed E-state index contributed by atoms with van der Waals surface area (Å²) in [6.07, 6.45) is 7.06. The van der Waals surface area contributed by atoms with Gasteiger partial charge >= 0.3 is 0 Å². The summed E-state index contributed by atoms with van der Waals surface area (Å²) in [7, 11) is 0. The molecule has 5 heteroatoms. The Morgan fingerprint density at radius 2 is 1.65 bits per heavy atom. The van der Waals surface area contributed by atoms with E-state index in [-0.39, 0.29) is 11.8 Å². The molecule has 130 valence electrons. The molecule has 0 bridgehead atoms. The summed E-state index contributed by atoms with van der Waals surface area (Å²) in [5, 5.41) is 3.24. The number of rotatable bonds is 5. The van der Waals surface area contributed by atoms with Crippen LogP contribution in [0.5, 0.6) is 0 Å². The Bertz CT molecular complexity index is 422. The van der Waals surface area contributed by atoms with Gasteiger partial charge in [-0.1, -0.05) is 32.6 Å². The third-order valence-electron chi connectivity index (χ3n) is 6.09. The average Bonchev–Trinajstić information content (AvgIpc) is 3.03. The first-order valence-electron chi connectivity index (χ1n) is 9.42. The van der Waals surface area contributed by atoms with E-state index in [0.29, 0.717) is 44.4 Å². The maximum Gasteiger partial charge on any atom is 0.225 e. The Hall–Kier alpha value is -1.10. The molecule has 0 aromatic heterocycles. The van der Waals surface area contributed by atoms with Crippen molar-refractivity contribution in [1.82, 2.24) is 15.1 Å². The molecule has 2 saturated heterocycles. The molecule has 1 unspecified atom stereocenters. The zero-order chi connectivity index (χ0) is 16.2. The van der Waals surface area contributed by atoms with E-state index in [1.54, 1.807) is 0 Å². The van der Waals surface area contributed by atoms with Crippen molar-refractivity contribution in [3.05, 3.63) is 0 Å². The van der Waals surface area contributed by atoms with Crippen LogP contribution in [0.25, 0.3) is 0 Å². The van der Waals surface area contributed by atoms with Gasteiger partial charge in [-0.3, -0.25) is 9.59 Å². The summed E-state index contributed by atoms with van der Waals surface area (Å²) in [5.74, 6) is 1.95. The van der Waals surface area contributed by atoms with E-state index < -0.39 is 0 Å². The highest BCUT2D eigenvalue weighted by molar-refractivity contribution is 5.80. The predicted octanol–water partition coefficient (Wildman–Crippen LogP) is 1.48.